The average Bonchev–Trinajstić information content (AvgIpc) is 2.80. The third-order valence-corrected chi connectivity index (χ3v) is 4.84. The van der Waals surface area contributed by atoms with E-state index in [0.29, 0.717) is 16.5 Å². The van der Waals surface area contributed by atoms with E-state index in [0.717, 1.165) is 17.9 Å². The highest BCUT2D eigenvalue weighted by Crippen LogP contribution is 2.42. The Morgan fingerprint density at radius 3 is 3.00 bits per heavy atom. The summed E-state index contributed by atoms with van der Waals surface area (Å²) in [4.78, 5) is 13.7. The number of benzene rings is 1. The van der Waals surface area contributed by atoms with Gasteiger partial charge in [0.05, 0.1) is 10.0 Å². The van der Waals surface area contributed by atoms with Crippen LogP contribution in [0.4, 0.5) is 0 Å². The van der Waals surface area contributed by atoms with Crippen molar-refractivity contribution in [3.8, 4) is 0 Å². The van der Waals surface area contributed by atoms with Gasteiger partial charge in [0, 0.05) is 24.3 Å². The number of halogens is 2. The van der Waals surface area contributed by atoms with Crippen LogP contribution in [-0.4, -0.2) is 23.1 Å². The van der Waals surface area contributed by atoms with Crippen molar-refractivity contribution in [2.24, 2.45) is 0 Å². The van der Waals surface area contributed by atoms with Gasteiger partial charge in [-0.15, -0.1) is 11.8 Å². The second kappa shape index (κ2) is 5.51. The van der Waals surface area contributed by atoms with E-state index in [2.05, 4.69) is 0 Å². The molecule has 1 aromatic rings. The molecule has 1 aromatic carbocycles. The number of hydrogen-bond acceptors (Lipinski definition) is 2. The van der Waals surface area contributed by atoms with E-state index < -0.39 is 0 Å². The smallest absolute Gasteiger partial charge is 0.223 e. The van der Waals surface area contributed by atoms with Crippen molar-refractivity contribution in [2.45, 2.75) is 18.7 Å². The standard InChI is InChI=1S/C12H13Cl2NOS/c1-2-10(16)15-6-7-17-12(15)8-4-3-5-9(13)11(8)14/h3-5,12H,2,6-7H2,1H3/t12-/m0/s1. The van der Waals surface area contributed by atoms with Crippen molar-refractivity contribution >= 4 is 40.9 Å². The van der Waals surface area contributed by atoms with E-state index in [1.807, 2.05) is 24.0 Å². The Balaban J connectivity index is 2.32. The van der Waals surface area contributed by atoms with E-state index in [1.165, 1.54) is 0 Å². The number of hydrogen-bond donors (Lipinski definition) is 0. The molecule has 92 valence electrons. The van der Waals surface area contributed by atoms with Crippen molar-refractivity contribution in [1.29, 1.82) is 0 Å². The first-order valence-electron chi connectivity index (χ1n) is 5.50. The van der Waals surface area contributed by atoms with Gasteiger partial charge in [0.15, 0.2) is 0 Å². The van der Waals surface area contributed by atoms with Gasteiger partial charge in [0.1, 0.15) is 5.37 Å². The third-order valence-electron chi connectivity index (χ3n) is 2.76. The Hall–Kier alpha value is -0.380. The molecule has 5 heteroatoms. The average molecular weight is 290 g/mol. The Labute approximate surface area is 115 Å². The minimum atomic E-state index is 0.00801. The molecule has 2 rings (SSSR count). The van der Waals surface area contributed by atoms with Crippen molar-refractivity contribution in [2.75, 3.05) is 12.3 Å². The summed E-state index contributed by atoms with van der Waals surface area (Å²) < 4.78 is 0. The van der Waals surface area contributed by atoms with E-state index in [4.69, 9.17) is 23.2 Å². The lowest BCUT2D eigenvalue weighted by molar-refractivity contribution is -0.130. The quantitative estimate of drug-likeness (QED) is 0.821. The molecule has 2 nitrogen and oxygen atoms in total. The molecule has 0 radical (unpaired) electrons. The van der Waals surface area contributed by atoms with Crippen LogP contribution in [0, 0.1) is 0 Å². The topological polar surface area (TPSA) is 20.3 Å². The zero-order valence-corrected chi connectivity index (χ0v) is 11.8. The molecular weight excluding hydrogens is 277 g/mol. The first-order valence-corrected chi connectivity index (χ1v) is 7.30. The summed E-state index contributed by atoms with van der Waals surface area (Å²) in [6.07, 6.45) is 0.523. The fourth-order valence-electron chi connectivity index (χ4n) is 1.90. The van der Waals surface area contributed by atoms with Gasteiger partial charge in [-0.1, -0.05) is 42.3 Å². The highest BCUT2D eigenvalue weighted by atomic mass is 35.5. The van der Waals surface area contributed by atoms with Gasteiger partial charge in [-0.25, -0.2) is 0 Å². The maximum absolute atomic E-state index is 11.8. The Morgan fingerprint density at radius 2 is 2.29 bits per heavy atom. The van der Waals surface area contributed by atoms with Crippen LogP contribution >= 0.6 is 35.0 Å². The lowest BCUT2D eigenvalue weighted by atomic mass is 10.2. The number of nitrogens with zero attached hydrogens (tertiary/aromatic N) is 1. The molecule has 1 fully saturated rings. The SMILES string of the molecule is CCC(=O)N1CCS[C@H]1c1cccc(Cl)c1Cl. The van der Waals surface area contributed by atoms with Crippen LogP contribution in [0.2, 0.25) is 10.0 Å². The molecule has 0 saturated carbocycles. The second-order valence-electron chi connectivity index (χ2n) is 3.81. The molecule has 0 aliphatic carbocycles. The molecule has 0 bridgehead atoms. The van der Waals surface area contributed by atoms with Gasteiger partial charge in [0.2, 0.25) is 5.91 Å². The number of carbonyl (C=O) groups excluding carboxylic acids is 1. The molecular formula is C12H13Cl2NOS. The lowest BCUT2D eigenvalue weighted by Crippen LogP contribution is -2.29. The van der Waals surface area contributed by atoms with Gasteiger partial charge in [-0.3, -0.25) is 4.79 Å². The molecule has 0 aromatic heterocycles. The van der Waals surface area contributed by atoms with Crippen molar-refractivity contribution in [1.82, 2.24) is 4.90 Å². The fourth-order valence-corrected chi connectivity index (χ4v) is 3.68. The normalized spacial score (nSPS) is 19.7. The zero-order chi connectivity index (χ0) is 12.4. The predicted molar refractivity (Wildman–Crippen MR) is 73.7 cm³/mol. The molecule has 0 unspecified atom stereocenters. The van der Waals surface area contributed by atoms with Crippen molar-refractivity contribution < 1.29 is 4.79 Å². The Kier molecular flexibility index (Phi) is 4.23. The summed E-state index contributed by atoms with van der Waals surface area (Å²) in [5.74, 6) is 1.11. The highest BCUT2D eigenvalue weighted by Gasteiger charge is 2.31. The summed E-state index contributed by atoms with van der Waals surface area (Å²) in [7, 11) is 0. The maximum Gasteiger partial charge on any atom is 0.223 e. The zero-order valence-electron chi connectivity index (χ0n) is 9.45. The highest BCUT2D eigenvalue weighted by molar-refractivity contribution is 7.99. The van der Waals surface area contributed by atoms with Crippen LogP contribution in [0.1, 0.15) is 24.3 Å². The second-order valence-corrected chi connectivity index (χ2v) is 5.78. The predicted octanol–water partition coefficient (Wildman–Crippen LogP) is 3.98. The van der Waals surface area contributed by atoms with Crippen LogP contribution in [0.5, 0.6) is 0 Å². The third kappa shape index (κ3) is 2.56. The molecule has 0 N–H and O–H groups in total. The first kappa shape index (κ1) is 13.1. The monoisotopic (exact) mass is 289 g/mol. The fraction of sp³-hybridized carbons (Fsp3) is 0.417. The number of thioether (sulfide) groups is 1. The van der Waals surface area contributed by atoms with Gasteiger partial charge in [0.25, 0.3) is 0 Å². The van der Waals surface area contributed by atoms with Gasteiger partial charge in [-0.05, 0) is 6.07 Å². The van der Waals surface area contributed by atoms with Crippen molar-refractivity contribution in [3.63, 3.8) is 0 Å². The van der Waals surface area contributed by atoms with E-state index >= 15 is 0 Å². The summed E-state index contributed by atoms with van der Waals surface area (Å²) >= 11 is 13.9. The number of rotatable bonds is 2. The van der Waals surface area contributed by atoms with E-state index in [9.17, 15) is 4.79 Å². The molecule has 1 heterocycles. The molecule has 1 aliphatic rings. The minimum absolute atomic E-state index is 0.00801. The summed E-state index contributed by atoms with van der Waals surface area (Å²) in [6, 6.07) is 5.57. The minimum Gasteiger partial charge on any atom is -0.326 e. The number of carbonyl (C=O) groups is 1. The molecule has 1 aliphatic heterocycles. The van der Waals surface area contributed by atoms with Gasteiger partial charge >= 0.3 is 0 Å². The maximum atomic E-state index is 11.8. The lowest BCUT2D eigenvalue weighted by Gasteiger charge is -2.24. The van der Waals surface area contributed by atoms with Crippen molar-refractivity contribution in [3.05, 3.63) is 33.8 Å². The summed E-state index contributed by atoms with van der Waals surface area (Å²) in [5, 5.41) is 1.11. The van der Waals surface area contributed by atoms with E-state index in [-0.39, 0.29) is 11.3 Å². The van der Waals surface area contributed by atoms with E-state index in [1.54, 1.807) is 17.8 Å². The van der Waals surface area contributed by atoms with Gasteiger partial charge < -0.3 is 4.90 Å². The van der Waals surface area contributed by atoms with Crippen LogP contribution in [0.15, 0.2) is 18.2 Å². The molecule has 1 saturated heterocycles. The Bertz CT molecular complexity index is 439. The molecule has 1 atom stereocenters. The van der Waals surface area contributed by atoms with Crippen LogP contribution < -0.4 is 0 Å². The van der Waals surface area contributed by atoms with Gasteiger partial charge in [-0.2, -0.15) is 0 Å². The van der Waals surface area contributed by atoms with Crippen LogP contribution in [0.3, 0.4) is 0 Å². The van der Waals surface area contributed by atoms with Crippen LogP contribution in [-0.2, 0) is 4.79 Å². The number of amides is 1. The first-order chi connectivity index (χ1) is 8.15. The Morgan fingerprint density at radius 1 is 1.53 bits per heavy atom. The largest absolute Gasteiger partial charge is 0.326 e. The molecule has 1 amide bonds. The van der Waals surface area contributed by atoms with Crippen LogP contribution in [0.25, 0.3) is 0 Å². The summed E-state index contributed by atoms with van der Waals surface area (Å²) in [5.41, 5.74) is 0.934. The summed E-state index contributed by atoms with van der Waals surface area (Å²) in [6.45, 7) is 2.66. The molecule has 17 heavy (non-hydrogen) atoms. The molecule has 0 spiro atoms.